The van der Waals surface area contributed by atoms with Crippen molar-refractivity contribution in [2.75, 3.05) is 0 Å². The van der Waals surface area contributed by atoms with Gasteiger partial charge in [0.1, 0.15) is 12.1 Å². The van der Waals surface area contributed by atoms with Gasteiger partial charge < -0.3 is 5.32 Å². The number of carbonyl (C=O) groups excluding carboxylic acids is 2. The molecular weight excluding hydrogens is 377 g/mol. The van der Waals surface area contributed by atoms with Crippen LogP contribution in [-0.2, 0) is 17.5 Å². The van der Waals surface area contributed by atoms with Gasteiger partial charge >= 0.3 is 12.2 Å². The first kappa shape index (κ1) is 20.3. The molecule has 2 aliphatic carbocycles. The van der Waals surface area contributed by atoms with Crippen LogP contribution >= 0.6 is 0 Å². The van der Waals surface area contributed by atoms with Crippen molar-refractivity contribution < 1.29 is 22.8 Å². The van der Waals surface area contributed by atoms with Gasteiger partial charge in [0.05, 0.1) is 5.69 Å². The monoisotopic (exact) mass is 400 g/mol. The summed E-state index contributed by atoms with van der Waals surface area (Å²) in [6, 6.07) is -0.0189. The minimum atomic E-state index is -4.84. The fourth-order valence-electron chi connectivity index (χ4n) is 3.49. The minimum absolute atomic E-state index is 0.0579. The van der Waals surface area contributed by atoms with E-state index >= 15 is 0 Å². The lowest BCUT2D eigenvalue weighted by molar-refractivity contribution is -0.139. The molecule has 0 spiro atoms. The molecule has 10 heteroatoms. The fraction of sp³-hybridized carbons (Fsp3) is 0.667. The second kappa shape index (κ2) is 7.92. The van der Waals surface area contributed by atoms with Gasteiger partial charge in [-0.05, 0) is 37.7 Å². The third kappa shape index (κ3) is 4.90. The van der Waals surface area contributed by atoms with E-state index in [-0.39, 0.29) is 23.6 Å². The van der Waals surface area contributed by atoms with Crippen LogP contribution < -0.4 is 16.2 Å². The molecule has 2 N–H and O–H groups in total. The first-order valence-corrected chi connectivity index (χ1v) is 9.44. The summed E-state index contributed by atoms with van der Waals surface area (Å²) >= 11 is 0. The summed E-state index contributed by atoms with van der Waals surface area (Å²) in [7, 11) is 0. The highest BCUT2D eigenvalue weighted by Crippen LogP contribution is 2.40. The number of imide groups is 1. The van der Waals surface area contributed by atoms with Crippen LogP contribution in [0.4, 0.5) is 18.0 Å². The zero-order valence-electron chi connectivity index (χ0n) is 15.5. The summed E-state index contributed by atoms with van der Waals surface area (Å²) in [5.41, 5.74) is -2.61. The highest BCUT2D eigenvalue weighted by atomic mass is 19.4. The van der Waals surface area contributed by atoms with E-state index in [0.717, 1.165) is 31.7 Å². The van der Waals surface area contributed by atoms with Gasteiger partial charge in [0.25, 0.3) is 5.56 Å². The van der Waals surface area contributed by atoms with Crippen LogP contribution in [0.25, 0.3) is 0 Å². The molecular formula is C18H23F3N4O3. The lowest BCUT2D eigenvalue weighted by Crippen LogP contribution is -2.49. The van der Waals surface area contributed by atoms with Gasteiger partial charge in [0.15, 0.2) is 0 Å². The standard InChI is InChI=1S/C18H23F3N4O3/c1-10-4-2-3-5-13(10)22-17(28)23-15(26)9-25-16(27)12(18(19,20)21)8-14(24-25)11-6-7-11/h8,10-11,13H,2-7,9H2,1H3,(H2,22,23,26,28). The molecule has 0 aromatic carbocycles. The number of nitrogens with one attached hydrogen (secondary N) is 2. The van der Waals surface area contributed by atoms with Crippen molar-refractivity contribution in [3.63, 3.8) is 0 Å². The van der Waals surface area contributed by atoms with E-state index < -0.39 is 35.8 Å². The molecule has 0 saturated heterocycles. The predicted molar refractivity (Wildman–Crippen MR) is 93.6 cm³/mol. The van der Waals surface area contributed by atoms with E-state index in [1.165, 1.54) is 0 Å². The summed E-state index contributed by atoms with van der Waals surface area (Å²) in [5.74, 6) is -0.743. The molecule has 1 heterocycles. The average Bonchev–Trinajstić information content (AvgIpc) is 3.42. The molecule has 28 heavy (non-hydrogen) atoms. The molecule has 2 unspecified atom stereocenters. The van der Waals surface area contributed by atoms with Gasteiger partial charge in [-0.15, -0.1) is 0 Å². The molecule has 1 aromatic heterocycles. The van der Waals surface area contributed by atoms with Gasteiger partial charge in [-0.1, -0.05) is 19.8 Å². The maximum atomic E-state index is 13.1. The van der Waals surface area contributed by atoms with E-state index in [1.54, 1.807) is 0 Å². The van der Waals surface area contributed by atoms with Gasteiger partial charge in [-0.25, -0.2) is 9.48 Å². The van der Waals surface area contributed by atoms with Crippen molar-refractivity contribution in [2.24, 2.45) is 5.92 Å². The smallest absolute Gasteiger partial charge is 0.335 e. The second-order valence-corrected chi connectivity index (χ2v) is 7.61. The molecule has 0 radical (unpaired) electrons. The van der Waals surface area contributed by atoms with Crippen LogP contribution in [0, 0.1) is 5.92 Å². The number of urea groups is 1. The first-order valence-electron chi connectivity index (χ1n) is 9.44. The van der Waals surface area contributed by atoms with Gasteiger partial charge in [-0.3, -0.25) is 14.9 Å². The molecule has 2 fully saturated rings. The molecule has 3 amide bonds. The quantitative estimate of drug-likeness (QED) is 0.812. The Labute approximate surface area is 159 Å². The highest BCUT2D eigenvalue weighted by Gasteiger charge is 2.37. The van der Waals surface area contributed by atoms with Crippen molar-refractivity contribution in [3.8, 4) is 0 Å². The molecule has 7 nitrogen and oxygen atoms in total. The van der Waals surface area contributed by atoms with Gasteiger partial charge in [-0.2, -0.15) is 18.3 Å². The zero-order valence-corrected chi connectivity index (χ0v) is 15.5. The van der Waals surface area contributed by atoms with Crippen molar-refractivity contribution in [1.29, 1.82) is 0 Å². The molecule has 2 saturated carbocycles. The zero-order chi connectivity index (χ0) is 20.5. The van der Waals surface area contributed by atoms with Crippen molar-refractivity contribution in [1.82, 2.24) is 20.4 Å². The Balaban J connectivity index is 1.68. The van der Waals surface area contributed by atoms with E-state index in [1.807, 2.05) is 6.92 Å². The lowest BCUT2D eigenvalue weighted by Gasteiger charge is -2.29. The Morgan fingerprint density at radius 1 is 1.21 bits per heavy atom. The van der Waals surface area contributed by atoms with Crippen LogP contribution in [0.2, 0.25) is 0 Å². The van der Waals surface area contributed by atoms with E-state index in [2.05, 4.69) is 15.7 Å². The summed E-state index contributed by atoms with van der Waals surface area (Å²) in [5, 5.41) is 8.69. The maximum absolute atomic E-state index is 13.1. The van der Waals surface area contributed by atoms with Crippen LogP contribution in [0.1, 0.15) is 62.6 Å². The van der Waals surface area contributed by atoms with Crippen LogP contribution in [-0.4, -0.2) is 27.8 Å². The summed E-state index contributed by atoms with van der Waals surface area (Å²) in [6.45, 7) is 1.26. The third-order valence-electron chi connectivity index (χ3n) is 5.27. The van der Waals surface area contributed by atoms with Gasteiger partial charge in [0.2, 0.25) is 5.91 Å². The molecule has 2 aliphatic rings. The minimum Gasteiger partial charge on any atom is -0.335 e. The molecule has 3 rings (SSSR count). The van der Waals surface area contributed by atoms with Crippen LogP contribution in [0.3, 0.4) is 0 Å². The first-order chi connectivity index (χ1) is 13.1. The normalized spacial score (nSPS) is 22.6. The predicted octanol–water partition coefficient (Wildman–Crippen LogP) is 2.54. The molecule has 2 atom stereocenters. The number of alkyl halides is 3. The van der Waals surface area contributed by atoms with Crippen LogP contribution in [0.15, 0.2) is 10.9 Å². The van der Waals surface area contributed by atoms with Crippen molar-refractivity contribution in [3.05, 3.63) is 27.7 Å². The highest BCUT2D eigenvalue weighted by molar-refractivity contribution is 5.94. The summed E-state index contributed by atoms with van der Waals surface area (Å²) < 4.78 is 39.9. The molecule has 0 bridgehead atoms. The number of carbonyl (C=O) groups is 2. The maximum Gasteiger partial charge on any atom is 0.421 e. The number of aromatic nitrogens is 2. The SMILES string of the molecule is CC1CCCCC1NC(=O)NC(=O)Cn1nc(C2CC2)cc(C(F)(F)F)c1=O. The Kier molecular flexibility index (Phi) is 5.76. The molecule has 1 aromatic rings. The number of rotatable bonds is 4. The Morgan fingerprint density at radius 2 is 1.89 bits per heavy atom. The third-order valence-corrected chi connectivity index (χ3v) is 5.27. The summed E-state index contributed by atoms with van der Waals surface area (Å²) in [6.07, 6.45) is 0.405. The summed E-state index contributed by atoms with van der Waals surface area (Å²) in [4.78, 5) is 36.2. The van der Waals surface area contributed by atoms with Crippen molar-refractivity contribution in [2.45, 2.75) is 70.1 Å². The Morgan fingerprint density at radius 3 is 2.50 bits per heavy atom. The van der Waals surface area contributed by atoms with E-state index in [0.29, 0.717) is 17.5 Å². The van der Waals surface area contributed by atoms with E-state index in [9.17, 15) is 27.6 Å². The average molecular weight is 400 g/mol. The number of nitrogens with zero attached hydrogens (tertiary/aromatic N) is 2. The Bertz CT molecular complexity index is 817. The van der Waals surface area contributed by atoms with E-state index in [4.69, 9.17) is 0 Å². The number of halogens is 3. The number of hydrogen-bond acceptors (Lipinski definition) is 4. The number of hydrogen-bond donors (Lipinski definition) is 2. The Hall–Kier alpha value is -2.39. The largest absolute Gasteiger partial charge is 0.421 e. The number of amides is 3. The van der Waals surface area contributed by atoms with Gasteiger partial charge in [0, 0.05) is 12.0 Å². The molecule has 0 aliphatic heterocycles. The lowest BCUT2D eigenvalue weighted by atomic mass is 9.86. The fourth-order valence-corrected chi connectivity index (χ4v) is 3.49. The van der Waals surface area contributed by atoms with Crippen LogP contribution in [0.5, 0.6) is 0 Å². The van der Waals surface area contributed by atoms with Crippen molar-refractivity contribution >= 4 is 11.9 Å². The molecule has 154 valence electrons. The second-order valence-electron chi connectivity index (χ2n) is 7.61. The topological polar surface area (TPSA) is 93.1 Å².